The van der Waals surface area contributed by atoms with Crippen molar-refractivity contribution in [3.63, 3.8) is 0 Å². The van der Waals surface area contributed by atoms with Gasteiger partial charge in [0, 0.05) is 5.41 Å². The molecule has 0 amide bonds. The molecule has 0 saturated carbocycles. The van der Waals surface area contributed by atoms with Gasteiger partial charge in [0.15, 0.2) is 0 Å². The van der Waals surface area contributed by atoms with Gasteiger partial charge < -0.3 is 4.74 Å². The van der Waals surface area contributed by atoms with E-state index < -0.39 is 0 Å². The van der Waals surface area contributed by atoms with Crippen LogP contribution in [-0.2, 0) is 5.41 Å². The monoisotopic (exact) mass is 666 g/mol. The minimum absolute atomic E-state index is 0.0739. The van der Waals surface area contributed by atoms with E-state index in [9.17, 15) is 0 Å². The van der Waals surface area contributed by atoms with Gasteiger partial charge in [0.2, 0.25) is 0 Å². The third-order valence-corrected chi connectivity index (χ3v) is 11.7. The molecular weight excluding hydrogens is 629 g/mol. The van der Waals surface area contributed by atoms with Crippen LogP contribution in [0.25, 0.3) is 87.6 Å². The first-order valence-corrected chi connectivity index (χ1v) is 18.2. The summed E-state index contributed by atoms with van der Waals surface area (Å²) in [6.45, 7) is 6.86. The first kappa shape index (κ1) is 30.6. The van der Waals surface area contributed by atoms with Gasteiger partial charge in [0.25, 0.3) is 0 Å². The Bertz CT molecular complexity index is 2810. The molecule has 1 nitrogen and oxygen atoms in total. The highest BCUT2D eigenvalue weighted by molar-refractivity contribution is 6.30. The van der Waals surface area contributed by atoms with E-state index in [0.29, 0.717) is 0 Å². The van der Waals surface area contributed by atoms with Crippen LogP contribution in [0.1, 0.15) is 30.5 Å². The summed E-state index contributed by atoms with van der Waals surface area (Å²) >= 11 is 0. The van der Waals surface area contributed by atoms with E-state index in [-0.39, 0.29) is 5.41 Å². The van der Waals surface area contributed by atoms with Crippen molar-refractivity contribution < 1.29 is 4.74 Å². The molecule has 1 aliphatic rings. The van der Waals surface area contributed by atoms with E-state index >= 15 is 0 Å². The molecule has 1 heteroatoms. The topological polar surface area (TPSA) is 9.23 Å². The van der Waals surface area contributed by atoms with Crippen LogP contribution in [0.2, 0.25) is 0 Å². The van der Waals surface area contributed by atoms with Crippen molar-refractivity contribution in [2.45, 2.75) is 26.2 Å². The zero-order chi connectivity index (χ0) is 35.1. The summed E-state index contributed by atoms with van der Waals surface area (Å²) < 4.78 is 5.66. The van der Waals surface area contributed by atoms with E-state index in [1.165, 1.54) is 98.7 Å². The van der Waals surface area contributed by atoms with Crippen molar-refractivity contribution in [2.24, 2.45) is 0 Å². The molecule has 0 spiro atoms. The average molecular weight is 667 g/mol. The third-order valence-electron chi connectivity index (χ3n) is 11.7. The summed E-state index contributed by atoms with van der Waals surface area (Å²) in [6, 6.07) is 58.7. The maximum atomic E-state index is 5.66. The number of hydrogen-bond acceptors (Lipinski definition) is 1. The molecule has 9 aromatic carbocycles. The number of methoxy groups -OCH3 is 1. The van der Waals surface area contributed by atoms with E-state index in [1.807, 2.05) is 0 Å². The first-order chi connectivity index (χ1) is 25.5. The Morgan fingerprint density at radius 2 is 0.769 bits per heavy atom. The molecule has 1 aliphatic carbocycles. The van der Waals surface area contributed by atoms with Crippen LogP contribution in [0.5, 0.6) is 5.75 Å². The molecule has 0 unspecified atom stereocenters. The first-order valence-electron chi connectivity index (χ1n) is 18.2. The molecule has 0 N–H and O–H groups in total. The largest absolute Gasteiger partial charge is 0.496 e. The number of rotatable bonds is 4. The summed E-state index contributed by atoms with van der Waals surface area (Å²) in [5, 5.41) is 10.1. The standard InChI is InChI=1S/C51H38O/c1-31-29-32(26-28-46(31)52-4)47-36-16-5-9-20-40(36)49(41-21-10-6-17-37(41)47)50-42-22-11-7-18-38(42)48(39-19-8-12-23-43(39)50)33-25-27-35-34-15-13-14-24-44(34)51(2,3)45(35)30-33/h5-30H,1-4H3. The number of fused-ring (bicyclic) bond motifs is 7. The molecule has 0 heterocycles. The lowest BCUT2D eigenvalue weighted by atomic mass is 9.79. The predicted molar refractivity (Wildman–Crippen MR) is 222 cm³/mol. The van der Waals surface area contributed by atoms with Gasteiger partial charge >= 0.3 is 0 Å². The zero-order valence-corrected chi connectivity index (χ0v) is 29.9. The summed E-state index contributed by atoms with van der Waals surface area (Å²) in [5.74, 6) is 0.906. The van der Waals surface area contributed by atoms with Crippen molar-refractivity contribution in [1.82, 2.24) is 0 Å². The second-order valence-electron chi connectivity index (χ2n) is 14.8. The number of hydrogen-bond donors (Lipinski definition) is 0. The fraction of sp³-hybridized carbons (Fsp3) is 0.0980. The zero-order valence-electron chi connectivity index (χ0n) is 29.9. The molecule has 0 bridgehead atoms. The molecule has 0 saturated heterocycles. The summed E-state index contributed by atoms with van der Waals surface area (Å²) in [4.78, 5) is 0. The van der Waals surface area contributed by atoms with Crippen LogP contribution in [0.15, 0.2) is 158 Å². The lowest BCUT2D eigenvalue weighted by Crippen LogP contribution is -2.14. The molecule has 10 rings (SSSR count). The quantitative estimate of drug-likeness (QED) is 0.170. The lowest BCUT2D eigenvalue weighted by Gasteiger charge is -2.24. The number of aryl methyl sites for hydroxylation is 1. The lowest BCUT2D eigenvalue weighted by molar-refractivity contribution is 0.412. The van der Waals surface area contributed by atoms with Gasteiger partial charge in [-0.1, -0.05) is 153 Å². The smallest absolute Gasteiger partial charge is 0.121 e. The molecule has 0 atom stereocenters. The maximum Gasteiger partial charge on any atom is 0.121 e. The minimum Gasteiger partial charge on any atom is -0.496 e. The number of ether oxygens (including phenoxy) is 1. The summed E-state index contributed by atoms with van der Waals surface area (Å²) in [7, 11) is 1.74. The Balaban J connectivity index is 1.31. The Morgan fingerprint density at radius 3 is 1.23 bits per heavy atom. The highest BCUT2D eigenvalue weighted by Gasteiger charge is 2.35. The SMILES string of the molecule is COc1ccc(-c2c3ccccc3c(-c3c4ccccc4c(-c4ccc5c(c4)C(C)(C)c4ccccc4-5)c4ccccc34)c3ccccc23)cc1C. The van der Waals surface area contributed by atoms with Crippen molar-refractivity contribution in [3.05, 3.63) is 174 Å². The predicted octanol–water partition coefficient (Wildman–Crippen LogP) is 13.9. The van der Waals surface area contributed by atoms with Crippen molar-refractivity contribution >= 4 is 43.1 Å². The van der Waals surface area contributed by atoms with E-state index in [4.69, 9.17) is 4.74 Å². The Morgan fingerprint density at radius 1 is 0.385 bits per heavy atom. The molecule has 0 aromatic heterocycles. The minimum atomic E-state index is -0.0739. The molecule has 248 valence electrons. The third kappa shape index (κ3) is 4.29. The van der Waals surface area contributed by atoms with Gasteiger partial charge in [0.05, 0.1) is 7.11 Å². The molecule has 0 radical (unpaired) electrons. The fourth-order valence-electron chi connectivity index (χ4n) is 9.31. The molecule has 0 fully saturated rings. The summed E-state index contributed by atoms with van der Waals surface area (Å²) in [5.41, 5.74) is 14.1. The van der Waals surface area contributed by atoms with Crippen molar-refractivity contribution in [1.29, 1.82) is 0 Å². The van der Waals surface area contributed by atoms with E-state index in [0.717, 1.165) is 11.3 Å². The fourth-order valence-corrected chi connectivity index (χ4v) is 9.31. The van der Waals surface area contributed by atoms with Crippen LogP contribution in [0.4, 0.5) is 0 Å². The highest BCUT2D eigenvalue weighted by Crippen LogP contribution is 2.53. The van der Waals surface area contributed by atoms with Crippen molar-refractivity contribution in [2.75, 3.05) is 7.11 Å². The highest BCUT2D eigenvalue weighted by atomic mass is 16.5. The normalized spacial score (nSPS) is 13.2. The van der Waals surface area contributed by atoms with Gasteiger partial charge in [-0.15, -0.1) is 0 Å². The average Bonchev–Trinajstić information content (AvgIpc) is 3.41. The van der Waals surface area contributed by atoms with Gasteiger partial charge in [0.1, 0.15) is 5.75 Å². The van der Waals surface area contributed by atoms with Crippen LogP contribution in [0, 0.1) is 6.92 Å². The second-order valence-corrected chi connectivity index (χ2v) is 14.8. The van der Waals surface area contributed by atoms with E-state index in [1.54, 1.807) is 7.11 Å². The Labute approximate surface area is 304 Å². The van der Waals surface area contributed by atoms with Crippen LogP contribution < -0.4 is 4.74 Å². The van der Waals surface area contributed by atoms with E-state index in [2.05, 4.69) is 178 Å². The van der Waals surface area contributed by atoms with Gasteiger partial charge in [-0.25, -0.2) is 0 Å². The van der Waals surface area contributed by atoms with Crippen LogP contribution >= 0.6 is 0 Å². The second kappa shape index (κ2) is 11.4. The van der Waals surface area contributed by atoms with Gasteiger partial charge in [-0.05, 0) is 129 Å². The maximum absolute atomic E-state index is 5.66. The molecular formula is C51H38O. The van der Waals surface area contributed by atoms with Crippen LogP contribution in [-0.4, -0.2) is 7.11 Å². The number of benzene rings is 9. The Hall–Kier alpha value is -6.18. The van der Waals surface area contributed by atoms with Gasteiger partial charge in [-0.2, -0.15) is 0 Å². The van der Waals surface area contributed by atoms with Gasteiger partial charge in [-0.3, -0.25) is 0 Å². The molecule has 9 aromatic rings. The van der Waals surface area contributed by atoms with Crippen molar-refractivity contribution in [3.8, 4) is 50.3 Å². The molecule has 52 heavy (non-hydrogen) atoms. The summed E-state index contributed by atoms with van der Waals surface area (Å²) in [6.07, 6.45) is 0. The Kier molecular flexibility index (Phi) is 6.73. The van der Waals surface area contributed by atoms with Crippen LogP contribution in [0.3, 0.4) is 0 Å². The molecule has 0 aliphatic heterocycles.